The van der Waals surface area contributed by atoms with E-state index in [2.05, 4.69) is 37.6 Å². The number of rotatable bonds is 8. The fraction of sp³-hybridized carbons (Fsp3) is 0.467. The second kappa shape index (κ2) is 12.5. The molecular formula is C30H37ClFN5O3S. The molecule has 1 atom stereocenters. The second-order valence-corrected chi connectivity index (χ2v) is 13.9. The van der Waals surface area contributed by atoms with Gasteiger partial charge in [-0.05, 0) is 87.8 Å². The molecule has 1 fully saturated rings. The normalized spacial score (nSPS) is 18.5. The van der Waals surface area contributed by atoms with Crippen LogP contribution in [-0.4, -0.2) is 60.9 Å². The lowest BCUT2D eigenvalue weighted by atomic mass is 9.98. The third kappa shape index (κ3) is 6.60. The van der Waals surface area contributed by atoms with E-state index in [0.29, 0.717) is 36.3 Å². The lowest BCUT2D eigenvalue weighted by Crippen LogP contribution is -2.42. The average Bonchev–Trinajstić information content (AvgIpc) is 3.17. The van der Waals surface area contributed by atoms with E-state index in [9.17, 15) is 12.8 Å². The van der Waals surface area contributed by atoms with Crippen molar-refractivity contribution in [1.29, 1.82) is 0 Å². The first-order chi connectivity index (χ1) is 19.7. The number of methoxy groups -OCH3 is 1. The molecule has 41 heavy (non-hydrogen) atoms. The van der Waals surface area contributed by atoms with Crippen molar-refractivity contribution in [3.05, 3.63) is 58.7 Å². The topological polar surface area (TPSA) is 96.4 Å². The van der Waals surface area contributed by atoms with Crippen LogP contribution in [0.25, 0.3) is 0 Å². The van der Waals surface area contributed by atoms with Gasteiger partial charge in [0.2, 0.25) is 5.95 Å². The lowest BCUT2D eigenvalue weighted by Gasteiger charge is -2.35. The van der Waals surface area contributed by atoms with Gasteiger partial charge in [-0.3, -0.25) is 4.90 Å². The molecule has 2 aliphatic rings. The highest BCUT2D eigenvalue weighted by Gasteiger charge is 2.28. The molecule has 0 radical (unpaired) electrons. The third-order valence-corrected chi connectivity index (χ3v) is 10.5. The van der Waals surface area contributed by atoms with Crippen molar-refractivity contribution in [2.75, 3.05) is 30.8 Å². The zero-order valence-corrected chi connectivity index (χ0v) is 25.2. The van der Waals surface area contributed by atoms with Gasteiger partial charge in [-0.1, -0.05) is 23.7 Å². The smallest absolute Gasteiger partial charge is 0.229 e. The number of sulfone groups is 1. The van der Waals surface area contributed by atoms with Crippen LogP contribution in [0.1, 0.15) is 50.7 Å². The van der Waals surface area contributed by atoms with Crippen LogP contribution in [0.15, 0.2) is 47.5 Å². The molecule has 2 aromatic carbocycles. The number of aromatic nitrogens is 2. The van der Waals surface area contributed by atoms with Gasteiger partial charge in [-0.15, -0.1) is 0 Å². The Bertz CT molecular complexity index is 1500. The SMILES string of the molecule is COc1cc2c(cc1Nc1ncc(Cl)c(Nc3ccccc3S(=O)(=O)C(C)C)n1)CCCC(N1CCC(F)CC1)C2. The van der Waals surface area contributed by atoms with Crippen LogP contribution in [-0.2, 0) is 22.7 Å². The minimum absolute atomic E-state index is 0.180. The molecule has 1 aliphatic heterocycles. The average molecular weight is 602 g/mol. The molecule has 11 heteroatoms. The van der Waals surface area contributed by atoms with Gasteiger partial charge in [0.1, 0.15) is 16.9 Å². The molecule has 3 aromatic rings. The molecule has 1 saturated heterocycles. The summed E-state index contributed by atoms with van der Waals surface area (Å²) in [5.41, 5.74) is 3.62. The number of fused-ring (bicyclic) bond motifs is 1. The number of aryl methyl sites for hydroxylation is 1. The Morgan fingerprint density at radius 1 is 1.07 bits per heavy atom. The van der Waals surface area contributed by atoms with Gasteiger partial charge in [0.05, 0.1) is 34.8 Å². The Hall–Kier alpha value is -2.95. The number of ether oxygens (including phenoxy) is 1. The summed E-state index contributed by atoms with van der Waals surface area (Å²) >= 11 is 6.42. The number of hydrogen-bond acceptors (Lipinski definition) is 8. The highest BCUT2D eigenvalue weighted by atomic mass is 35.5. The van der Waals surface area contributed by atoms with Crippen molar-refractivity contribution in [2.45, 2.75) is 74.7 Å². The fourth-order valence-corrected chi connectivity index (χ4v) is 6.96. The van der Waals surface area contributed by atoms with E-state index < -0.39 is 21.3 Å². The van der Waals surface area contributed by atoms with E-state index in [4.69, 9.17) is 16.3 Å². The Morgan fingerprint density at radius 2 is 1.83 bits per heavy atom. The summed E-state index contributed by atoms with van der Waals surface area (Å²) < 4.78 is 45.3. The van der Waals surface area contributed by atoms with Crippen LogP contribution >= 0.6 is 11.6 Å². The zero-order valence-electron chi connectivity index (χ0n) is 23.7. The van der Waals surface area contributed by atoms with E-state index in [1.807, 2.05) is 0 Å². The summed E-state index contributed by atoms with van der Waals surface area (Å²) in [6, 6.07) is 11.3. The van der Waals surface area contributed by atoms with Crippen LogP contribution in [0.5, 0.6) is 5.75 Å². The number of hydrogen-bond donors (Lipinski definition) is 2. The maximum atomic E-state index is 13.7. The third-order valence-electron chi connectivity index (χ3n) is 7.99. The van der Waals surface area contributed by atoms with Crippen molar-refractivity contribution in [2.24, 2.45) is 0 Å². The Balaban J connectivity index is 1.39. The summed E-state index contributed by atoms with van der Waals surface area (Å²) in [6.07, 6.45) is 6.03. The van der Waals surface area contributed by atoms with Crippen LogP contribution in [0.4, 0.5) is 27.5 Å². The molecular weight excluding hydrogens is 565 g/mol. The first kappa shape index (κ1) is 29.5. The van der Waals surface area contributed by atoms with E-state index in [1.165, 1.54) is 17.3 Å². The van der Waals surface area contributed by atoms with Gasteiger partial charge < -0.3 is 15.4 Å². The molecule has 5 rings (SSSR count). The van der Waals surface area contributed by atoms with Crippen molar-refractivity contribution >= 4 is 44.6 Å². The van der Waals surface area contributed by atoms with Gasteiger partial charge in [-0.25, -0.2) is 17.8 Å². The first-order valence-electron chi connectivity index (χ1n) is 14.1. The number of likely N-dealkylation sites (tertiary alicyclic amines) is 1. The van der Waals surface area contributed by atoms with Gasteiger partial charge in [-0.2, -0.15) is 4.98 Å². The predicted octanol–water partition coefficient (Wildman–Crippen LogP) is 6.49. The molecule has 0 spiro atoms. The maximum absolute atomic E-state index is 13.7. The number of nitrogens with one attached hydrogen (secondary N) is 2. The van der Waals surface area contributed by atoms with Crippen molar-refractivity contribution < 1.29 is 17.5 Å². The van der Waals surface area contributed by atoms with Gasteiger partial charge in [0.25, 0.3) is 0 Å². The summed E-state index contributed by atoms with van der Waals surface area (Å²) in [7, 11) is -1.90. The number of nitrogens with zero attached hydrogens (tertiary/aromatic N) is 3. The van der Waals surface area contributed by atoms with Crippen molar-refractivity contribution in [1.82, 2.24) is 14.9 Å². The summed E-state index contributed by atoms with van der Waals surface area (Å²) in [5.74, 6) is 1.25. The summed E-state index contributed by atoms with van der Waals surface area (Å²) in [5, 5.41) is 6.04. The van der Waals surface area contributed by atoms with Crippen molar-refractivity contribution in [3.63, 3.8) is 0 Å². The quantitative estimate of drug-likeness (QED) is 0.283. The number of halogens is 2. The van der Waals surface area contributed by atoms with E-state index in [0.717, 1.165) is 44.5 Å². The Kier molecular flexibility index (Phi) is 9.01. The monoisotopic (exact) mass is 601 g/mol. The molecule has 0 saturated carbocycles. The number of anilines is 4. The van der Waals surface area contributed by atoms with Crippen LogP contribution in [0.2, 0.25) is 5.02 Å². The van der Waals surface area contributed by atoms with E-state index in [-0.39, 0.29) is 15.7 Å². The van der Waals surface area contributed by atoms with Crippen LogP contribution < -0.4 is 15.4 Å². The number of para-hydroxylation sites is 1. The molecule has 1 aromatic heterocycles. The minimum atomic E-state index is -3.53. The Labute approximate surface area is 246 Å². The minimum Gasteiger partial charge on any atom is -0.495 e. The molecule has 0 amide bonds. The first-order valence-corrected chi connectivity index (χ1v) is 16.1. The summed E-state index contributed by atoms with van der Waals surface area (Å²) in [4.78, 5) is 11.5. The standard InChI is InChI=1S/C30H37ClFN5O3S/c1-19(2)41(38,39)28-10-5-4-9-25(28)34-29-24(31)18-33-30(36-29)35-26-16-20-7-6-8-23(15-21(20)17-27(26)40-3)37-13-11-22(32)12-14-37/h4-5,9-10,16-19,22-23H,6-8,11-15H2,1-3H3,(H2,33,34,35,36). The van der Waals surface area contributed by atoms with Crippen LogP contribution in [0, 0.1) is 0 Å². The predicted molar refractivity (Wildman–Crippen MR) is 161 cm³/mol. The summed E-state index contributed by atoms with van der Waals surface area (Å²) in [6.45, 7) is 4.93. The second-order valence-electron chi connectivity index (χ2n) is 11.0. The number of piperidine rings is 1. The van der Waals surface area contributed by atoms with Crippen molar-refractivity contribution in [3.8, 4) is 5.75 Å². The Morgan fingerprint density at radius 3 is 2.56 bits per heavy atom. The lowest BCUT2D eigenvalue weighted by molar-refractivity contribution is 0.106. The largest absolute Gasteiger partial charge is 0.495 e. The van der Waals surface area contributed by atoms with Gasteiger partial charge >= 0.3 is 0 Å². The molecule has 0 bridgehead atoms. The molecule has 2 heterocycles. The maximum Gasteiger partial charge on any atom is 0.229 e. The molecule has 1 unspecified atom stereocenters. The molecule has 1 aliphatic carbocycles. The van der Waals surface area contributed by atoms with Crippen LogP contribution in [0.3, 0.4) is 0 Å². The fourth-order valence-electron chi connectivity index (χ4n) is 5.62. The molecule has 8 nitrogen and oxygen atoms in total. The highest BCUT2D eigenvalue weighted by molar-refractivity contribution is 7.92. The number of alkyl halides is 1. The number of benzene rings is 2. The van der Waals surface area contributed by atoms with Gasteiger partial charge in [0, 0.05) is 19.1 Å². The molecule has 2 N–H and O–H groups in total. The van der Waals surface area contributed by atoms with E-state index >= 15 is 0 Å². The highest BCUT2D eigenvalue weighted by Crippen LogP contribution is 2.36. The molecule has 220 valence electrons. The zero-order chi connectivity index (χ0) is 29.1. The van der Waals surface area contributed by atoms with E-state index in [1.54, 1.807) is 45.2 Å². The van der Waals surface area contributed by atoms with Gasteiger partial charge in [0.15, 0.2) is 15.7 Å².